The number of amides is 1. The van der Waals surface area contributed by atoms with Gasteiger partial charge in [0.2, 0.25) is 0 Å². The largest absolute Gasteiger partial charge is 0.464 e. The van der Waals surface area contributed by atoms with Gasteiger partial charge < -0.3 is 14.6 Å². The van der Waals surface area contributed by atoms with E-state index < -0.39 is 23.7 Å². The Morgan fingerprint density at radius 3 is 2.35 bits per heavy atom. The highest BCUT2D eigenvalue weighted by molar-refractivity contribution is 5.81. The number of likely N-dealkylation sites (N-methyl/N-ethyl adjacent to an activating group) is 1. The first kappa shape index (κ1) is 18.4. The maximum atomic E-state index is 12.0. The van der Waals surface area contributed by atoms with Crippen LogP contribution in [0, 0.1) is 0 Å². The number of nitrogens with zero attached hydrogens (tertiary/aromatic N) is 1. The van der Waals surface area contributed by atoms with Gasteiger partial charge in [0.15, 0.2) is 0 Å². The molecule has 0 spiro atoms. The van der Waals surface area contributed by atoms with Crippen molar-refractivity contribution in [2.24, 2.45) is 0 Å². The summed E-state index contributed by atoms with van der Waals surface area (Å²) < 4.78 is 10.2. The minimum Gasteiger partial charge on any atom is -0.464 e. The van der Waals surface area contributed by atoms with Crippen LogP contribution in [0.25, 0.3) is 0 Å². The quantitative estimate of drug-likeness (QED) is 0.594. The van der Waals surface area contributed by atoms with Crippen molar-refractivity contribution in [2.75, 3.05) is 20.3 Å². The van der Waals surface area contributed by atoms with Gasteiger partial charge in [-0.2, -0.15) is 0 Å². The summed E-state index contributed by atoms with van der Waals surface area (Å²) in [5, 5.41) is 8.71. The van der Waals surface area contributed by atoms with Crippen molar-refractivity contribution in [3.63, 3.8) is 0 Å². The molecule has 1 amide bonds. The van der Waals surface area contributed by atoms with Gasteiger partial charge in [-0.25, -0.2) is 9.59 Å². The summed E-state index contributed by atoms with van der Waals surface area (Å²) in [4.78, 5) is 25.1. The second-order valence-corrected chi connectivity index (χ2v) is 5.25. The Labute approximate surface area is 120 Å². The molecule has 0 aromatic carbocycles. The first-order valence-electron chi connectivity index (χ1n) is 6.61. The topological polar surface area (TPSA) is 76.1 Å². The van der Waals surface area contributed by atoms with Gasteiger partial charge in [0.05, 0.1) is 13.2 Å². The summed E-state index contributed by atoms with van der Waals surface area (Å²) in [6, 6.07) is -0.771. The van der Waals surface area contributed by atoms with Crippen molar-refractivity contribution in [1.82, 2.24) is 4.90 Å². The van der Waals surface area contributed by atoms with Crippen molar-refractivity contribution < 1.29 is 24.2 Å². The zero-order chi connectivity index (χ0) is 15.8. The van der Waals surface area contributed by atoms with E-state index in [0.717, 1.165) is 0 Å². The van der Waals surface area contributed by atoms with Gasteiger partial charge in [0.1, 0.15) is 11.6 Å². The molecule has 1 N–H and O–H groups in total. The molecule has 0 aromatic heterocycles. The van der Waals surface area contributed by atoms with Gasteiger partial charge in [-0.1, -0.05) is 12.2 Å². The third-order valence-corrected chi connectivity index (χ3v) is 2.34. The predicted molar refractivity (Wildman–Crippen MR) is 75.3 cm³/mol. The second kappa shape index (κ2) is 8.58. The molecule has 0 rings (SSSR count). The highest BCUT2D eigenvalue weighted by Crippen LogP contribution is 2.13. The summed E-state index contributed by atoms with van der Waals surface area (Å²) in [6.07, 6.45) is 2.81. The fraction of sp³-hybridized carbons (Fsp3) is 0.714. The van der Waals surface area contributed by atoms with Crippen LogP contribution in [0.15, 0.2) is 12.2 Å². The number of hydrogen-bond acceptors (Lipinski definition) is 5. The van der Waals surface area contributed by atoms with Crippen LogP contribution in [0.1, 0.15) is 34.1 Å². The summed E-state index contributed by atoms with van der Waals surface area (Å²) in [6.45, 7) is 7.08. The molecular formula is C14H25NO5. The number of carbonyl (C=O) groups excluding carboxylic acids is 2. The molecule has 20 heavy (non-hydrogen) atoms. The fourth-order valence-electron chi connectivity index (χ4n) is 1.41. The number of rotatable bonds is 6. The van der Waals surface area contributed by atoms with Crippen molar-refractivity contribution >= 4 is 12.1 Å². The lowest BCUT2D eigenvalue weighted by Crippen LogP contribution is -2.45. The third kappa shape index (κ3) is 7.13. The number of esters is 1. The van der Waals surface area contributed by atoms with Gasteiger partial charge in [0.25, 0.3) is 0 Å². The van der Waals surface area contributed by atoms with Crippen LogP contribution in [-0.4, -0.2) is 54.0 Å². The van der Waals surface area contributed by atoms with Gasteiger partial charge in [0, 0.05) is 7.05 Å². The molecule has 0 aliphatic carbocycles. The average molecular weight is 287 g/mol. The minimum absolute atomic E-state index is 0.119. The van der Waals surface area contributed by atoms with E-state index in [0.29, 0.717) is 0 Å². The smallest absolute Gasteiger partial charge is 0.410 e. The molecule has 0 bridgehead atoms. The van der Waals surface area contributed by atoms with E-state index in [1.807, 2.05) is 0 Å². The Bertz CT molecular complexity index is 346. The zero-order valence-electron chi connectivity index (χ0n) is 12.9. The van der Waals surface area contributed by atoms with Crippen LogP contribution in [0.5, 0.6) is 0 Å². The molecule has 0 radical (unpaired) electrons. The predicted octanol–water partition coefficient (Wildman–Crippen LogP) is 1.72. The van der Waals surface area contributed by atoms with Crippen molar-refractivity contribution in [3.05, 3.63) is 12.2 Å². The summed E-state index contributed by atoms with van der Waals surface area (Å²) >= 11 is 0. The molecule has 116 valence electrons. The maximum absolute atomic E-state index is 12.0. The molecule has 0 aliphatic rings. The van der Waals surface area contributed by atoms with E-state index in [-0.39, 0.29) is 19.6 Å². The Morgan fingerprint density at radius 1 is 1.30 bits per heavy atom. The van der Waals surface area contributed by atoms with E-state index in [1.54, 1.807) is 33.8 Å². The fourth-order valence-corrected chi connectivity index (χ4v) is 1.41. The number of aliphatic hydroxyl groups is 1. The van der Waals surface area contributed by atoms with Crippen molar-refractivity contribution in [3.8, 4) is 0 Å². The van der Waals surface area contributed by atoms with Crippen LogP contribution in [0.2, 0.25) is 0 Å². The Kier molecular flexibility index (Phi) is 7.91. The second-order valence-electron chi connectivity index (χ2n) is 5.25. The molecule has 1 unspecified atom stereocenters. The standard InChI is InChI=1S/C14H25NO5/c1-6-19-12(17)11(9-7-8-10-16)15(5)13(18)20-14(2,3)4/h7-8,11,16H,6,9-10H2,1-5H3/b8-7+. The SMILES string of the molecule is CCOC(=O)C(C/C=C/CO)N(C)C(=O)OC(C)(C)C. The molecular weight excluding hydrogens is 262 g/mol. The lowest BCUT2D eigenvalue weighted by molar-refractivity contribution is -0.148. The van der Waals surface area contributed by atoms with E-state index in [9.17, 15) is 9.59 Å². The Morgan fingerprint density at radius 2 is 1.90 bits per heavy atom. The lowest BCUT2D eigenvalue weighted by atomic mass is 10.1. The van der Waals surface area contributed by atoms with Crippen molar-refractivity contribution in [2.45, 2.75) is 45.8 Å². The number of carbonyl (C=O) groups is 2. The first-order valence-corrected chi connectivity index (χ1v) is 6.61. The molecule has 6 heteroatoms. The molecule has 6 nitrogen and oxygen atoms in total. The summed E-state index contributed by atoms with van der Waals surface area (Å²) in [5.74, 6) is -0.497. The van der Waals surface area contributed by atoms with E-state index in [2.05, 4.69) is 0 Å². The normalized spacial score (nSPS) is 13.1. The molecule has 0 fully saturated rings. The van der Waals surface area contributed by atoms with Crippen LogP contribution in [-0.2, 0) is 14.3 Å². The van der Waals surface area contributed by atoms with Crippen LogP contribution in [0.3, 0.4) is 0 Å². The number of ether oxygens (including phenoxy) is 2. The van der Waals surface area contributed by atoms with Crippen LogP contribution in [0.4, 0.5) is 4.79 Å². The molecule has 0 saturated carbocycles. The number of aliphatic hydroxyl groups excluding tert-OH is 1. The Balaban J connectivity index is 4.86. The average Bonchev–Trinajstić information content (AvgIpc) is 2.32. The van der Waals surface area contributed by atoms with Gasteiger partial charge in [-0.3, -0.25) is 4.90 Å². The van der Waals surface area contributed by atoms with E-state index in [4.69, 9.17) is 14.6 Å². The van der Waals surface area contributed by atoms with Gasteiger partial charge in [-0.15, -0.1) is 0 Å². The first-order chi connectivity index (χ1) is 9.22. The van der Waals surface area contributed by atoms with Gasteiger partial charge >= 0.3 is 12.1 Å². The minimum atomic E-state index is -0.771. The van der Waals surface area contributed by atoms with E-state index in [1.165, 1.54) is 18.0 Å². The molecule has 0 aromatic rings. The molecule has 0 aliphatic heterocycles. The van der Waals surface area contributed by atoms with Gasteiger partial charge in [-0.05, 0) is 34.1 Å². The van der Waals surface area contributed by atoms with Crippen LogP contribution < -0.4 is 0 Å². The van der Waals surface area contributed by atoms with Crippen molar-refractivity contribution in [1.29, 1.82) is 0 Å². The highest BCUT2D eigenvalue weighted by atomic mass is 16.6. The van der Waals surface area contributed by atoms with Crippen LogP contribution >= 0.6 is 0 Å². The molecule has 0 saturated heterocycles. The molecule has 1 atom stereocenters. The molecule has 0 heterocycles. The number of hydrogen-bond donors (Lipinski definition) is 1. The summed E-state index contributed by atoms with van der Waals surface area (Å²) in [5.41, 5.74) is -0.633. The zero-order valence-corrected chi connectivity index (χ0v) is 12.9. The highest BCUT2D eigenvalue weighted by Gasteiger charge is 2.30. The maximum Gasteiger partial charge on any atom is 0.410 e. The summed E-state index contributed by atoms with van der Waals surface area (Å²) in [7, 11) is 1.49. The Hall–Kier alpha value is -1.56. The monoisotopic (exact) mass is 287 g/mol. The third-order valence-electron chi connectivity index (χ3n) is 2.34. The van der Waals surface area contributed by atoms with E-state index >= 15 is 0 Å². The lowest BCUT2D eigenvalue weighted by Gasteiger charge is -2.29.